The van der Waals surface area contributed by atoms with Crippen molar-refractivity contribution in [2.45, 2.75) is 52.0 Å². The molecule has 0 aromatic rings. The molecule has 0 heterocycles. The summed E-state index contributed by atoms with van der Waals surface area (Å²) in [7, 11) is 0. The highest BCUT2D eigenvalue weighted by Crippen LogP contribution is 2.34. The van der Waals surface area contributed by atoms with Crippen molar-refractivity contribution in [3.05, 3.63) is 0 Å². The van der Waals surface area contributed by atoms with E-state index in [-0.39, 0.29) is 0 Å². The fourth-order valence-electron chi connectivity index (χ4n) is 2.20. The molecule has 0 bridgehead atoms. The van der Waals surface area contributed by atoms with Gasteiger partial charge < -0.3 is 0 Å². The number of rotatable bonds is 8. The van der Waals surface area contributed by atoms with Crippen molar-refractivity contribution in [3.8, 4) is 6.07 Å². The molecule has 0 aliphatic heterocycles. The van der Waals surface area contributed by atoms with Crippen LogP contribution in [0.2, 0.25) is 0 Å². The maximum Gasteiger partial charge on any atom is 0.0635 e. The highest BCUT2D eigenvalue weighted by atomic mass is 32.1. The highest BCUT2D eigenvalue weighted by molar-refractivity contribution is 7.80. The second-order valence-corrected chi connectivity index (χ2v) is 5.29. The second-order valence-electron chi connectivity index (χ2n) is 4.97. The van der Waals surface area contributed by atoms with Crippen LogP contribution >= 0.6 is 12.6 Å². The molecule has 1 aliphatic rings. The minimum atomic E-state index is 0.348. The summed E-state index contributed by atoms with van der Waals surface area (Å²) >= 11 is 4.52. The standard InChI is InChI=1S/C13H24N2S/c1-3-13(4-2,11-16)10-15(9-5-8-14)12-6-7-12/h12,16H,3-7,9-11H2,1-2H3. The van der Waals surface area contributed by atoms with Crippen LogP contribution in [0.5, 0.6) is 0 Å². The maximum absolute atomic E-state index is 8.70. The smallest absolute Gasteiger partial charge is 0.0635 e. The number of thiol groups is 1. The molecular formula is C13H24N2S. The fraction of sp³-hybridized carbons (Fsp3) is 0.923. The Morgan fingerprint density at radius 2 is 2.00 bits per heavy atom. The van der Waals surface area contributed by atoms with Crippen LogP contribution < -0.4 is 0 Å². The molecule has 0 spiro atoms. The molecular weight excluding hydrogens is 216 g/mol. The summed E-state index contributed by atoms with van der Waals surface area (Å²) in [5.41, 5.74) is 0.348. The van der Waals surface area contributed by atoms with Gasteiger partial charge in [-0.2, -0.15) is 17.9 Å². The Bertz CT molecular complexity index is 231. The summed E-state index contributed by atoms with van der Waals surface area (Å²) < 4.78 is 0. The third kappa shape index (κ3) is 3.68. The first-order valence-corrected chi connectivity index (χ1v) is 7.06. The minimum absolute atomic E-state index is 0.348. The van der Waals surface area contributed by atoms with Gasteiger partial charge in [-0.1, -0.05) is 13.8 Å². The van der Waals surface area contributed by atoms with E-state index in [0.717, 1.165) is 24.9 Å². The molecule has 0 amide bonds. The molecule has 0 radical (unpaired) electrons. The summed E-state index contributed by atoms with van der Waals surface area (Å²) in [6.07, 6.45) is 5.67. The molecule has 0 atom stereocenters. The highest BCUT2D eigenvalue weighted by Gasteiger charge is 2.34. The molecule has 1 rings (SSSR count). The van der Waals surface area contributed by atoms with E-state index in [9.17, 15) is 0 Å². The van der Waals surface area contributed by atoms with Crippen molar-refractivity contribution in [2.75, 3.05) is 18.8 Å². The Morgan fingerprint density at radius 1 is 1.38 bits per heavy atom. The van der Waals surface area contributed by atoms with Crippen LogP contribution in [0.1, 0.15) is 46.0 Å². The van der Waals surface area contributed by atoms with Crippen molar-refractivity contribution in [2.24, 2.45) is 5.41 Å². The summed E-state index contributed by atoms with van der Waals surface area (Å²) in [6, 6.07) is 3.02. The predicted molar refractivity (Wildman–Crippen MR) is 71.7 cm³/mol. The Morgan fingerprint density at radius 3 is 2.38 bits per heavy atom. The van der Waals surface area contributed by atoms with E-state index in [4.69, 9.17) is 5.26 Å². The minimum Gasteiger partial charge on any atom is -0.299 e. The molecule has 0 N–H and O–H groups in total. The third-order valence-electron chi connectivity index (χ3n) is 3.95. The van der Waals surface area contributed by atoms with Gasteiger partial charge in [0.15, 0.2) is 0 Å². The quantitative estimate of drug-likeness (QED) is 0.660. The summed E-state index contributed by atoms with van der Waals surface area (Å²) in [6.45, 7) is 6.58. The molecule has 0 aromatic heterocycles. The van der Waals surface area contributed by atoms with Crippen LogP contribution in [0.15, 0.2) is 0 Å². The lowest BCUT2D eigenvalue weighted by atomic mass is 9.83. The van der Waals surface area contributed by atoms with Gasteiger partial charge in [0.2, 0.25) is 0 Å². The lowest BCUT2D eigenvalue weighted by molar-refractivity contribution is 0.153. The largest absolute Gasteiger partial charge is 0.299 e. The molecule has 3 heteroatoms. The zero-order chi connectivity index (χ0) is 12.0. The number of nitrogens with zero attached hydrogens (tertiary/aromatic N) is 2. The first kappa shape index (κ1) is 13.9. The molecule has 92 valence electrons. The van der Waals surface area contributed by atoms with Gasteiger partial charge in [-0.15, -0.1) is 0 Å². The summed E-state index contributed by atoms with van der Waals surface area (Å²) in [5, 5.41) is 8.70. The van der Waals surface area contributed by atoms with Crippen molar-refractivity contribution >= 4 is 12.6 Å². The predicted octanol–water partition coefficient (Wildman–Crippen LogP) is 3.10. The van der Waals surface area contributed by atoms with E-state index in [1.807, 2.05) is 0 Å². The van der Waals surface area contributed by atoms with Gasteiger partial charge in [-0.3, -0.25) is 4.90 Å². The molecule has 1 fully saturated rings. The van der Waals surface area contributed by atoms with E-state index in [1.54, 1.807) is 0 Å². The normalized spacial score (nSPS) is 16.4. The number of nitriles is 1. The average Bonchev–Trinajstić information content (AvgIpc) is 3.15. The van der Waals surface area contributed by atoms with E-state index < -0.39 is 0 Å². The van der Waals surface area contributed by atoms with Gasteiger partial charge >= 0.3 is 0 Å². The van der Waals surface area contributed by atoms with E-state index in [0.29, 0.717) is 11.8 Å². The summed E-state index contributed by atoms with van der Waals surface area (Å²) in [5.74, 6) is 0.954. The Hall–Kier alpha value is -0.200. The maximum atomic E-state index is 8.70. The van der Waals surface area contributed by atoms with Crippen molar-refractivity contribution in [1.29, 1.82) is 5.26 Å². The first-order valence-electron chi connectivity index (χ1n) is 6.43. The van der Waals surface area contributed by atoms with Gasteiger partial charge in [0, 0.05) is 25.6 Å². The van der Waals surface area contributed by atoms with Crippen LogP contribution in [-0.4, -0.2) is 29.8 Å². The SMILES string of the molecule is CCC(CC)(CS)CN(CCC#N)C1CC1. The molecule has 2 nitrogen and oxygen atoms in total. The van der Waals surface area contributed by atoms with Gasteiger partial charge in [0.25, 0.3) is 0 Å². The zero-order valence-corrected chi connectivity index (χ0v) is 11.5. The van der Waals surface area contributed by atoms with E-state index in [2.05, 4.69) is 37.4 Å². The lowest BCUT2D eigenvalue weighted by Crippen LogP contribution is -2.40. The molecule has 1 saturated carbocycles. The Balaban J connectivity index is 2.54. The Kier molecular flexibility index (Phi) is 5.64. The topological polar surface area (TPSA) is 27.0 Å². The zero-order valence-electron chi connectivity index (χ0n) is 10.6. The van der Waals surface area contributed by atoms with E-state index in [1.165, 1.54) is 25.7 Å². The van der Waals surface area contributed by atoms with Crippen LogP contribution in [0.25, 0.3) is 0 Å². The second kappa shape index (κ2) is 6.51. The molecule has 0 aromatic carbocycles. The third-order valence-corrected chi connectivity index (χ3v) is 4.62. The van der Waals surface area contributed by atoms with Gasteiger partial charge in [-0.25, -0.2) is 0 Å². The van der Waals surface area contributed by atoms with Gasteiger partial charge in [0.05, 0.1) is 6.07 Å². The number of hydrogen-bond acceptors (Lipinski definition) is 3. The number of hydrogen-bond donors (Lipinski definition) is 1. The molecule has 0 unspecified atom stereocenters. The molecule has 0 saturated heterocycles. The van der Waals surface area contributed by atoms with E-state index >= 15 is 0 Å². The average molecular weight is 240 g/mol. The lowest BCUT2D eigenvalue weighted by Gasteiger charge is -2.36. The fourth-order valence-corrected chi connectivity index (χ4v) is 2.75. The van der Waals surface area contributed by atoms with Gasteiger partial charge in [0.1, 0.15) is 0 Å². The van der Waals surface area contributed by atoms with Crippen LogP contribution in [0.4, 0.5) is 0 Å². The van der Waals surface area contributed by atoms with Gasteiger partial charge in [-0.05, 0) is 36.9 Å². The first-order chi connectivity index (χ1) is 7.71. The summed E-state index contributed by atoms with van der Waals surface area (Å²) in [4.78, 5) is 2.52. The Labute approximate surface area is 105 Å². The van der Waals surface area contributed by atoms with Crippen LogP contribution in [0.3, 0.4) is 0 Å². The van der Waals surface area contributed by atoms with Crippen LogP contribution in [-0.2, 0) is 0 Å². The van der Waals surface area contributed by atoms with Crippen LogP contribution in [0, 0.1) is 16.7 Å². The van der Waals surface area contributed by atoms with Crippen molar-refractivity contribution < 1.29 is 0 Å². The molecule has 16 heavy (non-hydrogen) atoms. The molecule has 1 aliphatic carbocycles. The monoisotopic (exact) mass is 240 g/mol. The van der Waals surface area contributed by atoms with Crippen molar-refractivity contribution in [1.82, 2.24) is 4.90 Å². The van der Waals surface area contributed by atoms with Crippen molar-refractivity contribution in [3.63, 3.8) is 0 Å².